The Hall–Kier alpha value is -3.68. The van der Waals surface area contributed by atoms with Crippen LogP contribution in [0.2, 0.25) is 0 Å². The average molecular weight is 445 g/mol. The third-order valence-corrected chi connectivity index (χ3v) is 6.20. The van der Waals surface area contributed by atoms with E-state index in [-0.39, 0.29) is 12.4 Å². The maximum atomic E-state index is 11.8. The molecule has 4 aromatic rings. The van der Waals surface area contributed by atoms with Crippen LogP contribution in [0.1, 0.15) is 32.3 Å². The van der Waals surface area contributed by atoms with Crippen LogP contribution in [0.25, 0.3) is 22.5 Å². The van der Waals surface area contributed by atoms with Crippen molar-refractivity contribution in [3.05, 3.63) is 60.8 Å². The number of piperidine rings is 1. The summed E-state index contributed by atoms with van der Waals surface area (Å²) < 4.78 is 8.73. The molecular formula is C25H28N6O2. The van der Waals surface area contributed by atoms with Gasteiger partial charge in [0.05, 0.1) is 37.1 Å². The molecular weight excluding hydrogens is 416 g/mol. The van der Waals surface area contributed by atoms with Gasteiger partial charge in [-0.2, -0.15) is 5.10 Å². The van der Waals surface area contributed by atoms with E-state index in [2.05, 4.69) is 40.1 Å². The number of carbonyl (C=O) groups is 1. The fraction of sp³-hybridized carbons (Fsp3) is 0.360. The Kier molecular flexibility index (Phi) is 5.81. The van der Waals surface area contributed by atoms with Crippen LogP contribution in [0.5, 0.6) is 0 Å². The zero-order chi connectivity index (χ0) is 22.8. The second-order valence-corrected chi connectivity index (χ2v) is 8.61. The van der Waals surface area contributed by atoms with Gasteiger partial charge in [0, 0.05) is 36.6 Å². The van der Waals surface area contributed by atoms with Crippen molar-refractivity contribution in [3.63, 3.8) is 0 Å². The molecule has 1 aliphatic rings. The molecule has 33 heavy (non-hydrogen) atoms. The molecule has 8 heteroatoms. The highest BCUT2D eigenvalue weighted by Crippen LogP contribution is 2.27. The molecule has 170 valence electrons. The Labute approximate surface area is 192 Å². The summed E-state index contributed by atoms with van der Waals surface area (Å²) in [5.74, 6) is 1.86. The van der Waals surface area contributed by atoms with Gasteiger partial charge in [-0.25, -0.2) is 9.67 Å². The van der Waals surface area contributed by atoms with Gasteiger partial charge in [0.25, 0.3) is 0 Å². The summed E-state index contributed by atoms with van der Waals surface area (Å²) in [7, 11) is 0. The van der Waals surface area contributed by atoms with E-state index in [1.54, 1.807) is 19.3 Å². The standard InChI is InChI=1S/C25H28N6O2/c1-3-33-25(32)12-19-8-11-30(17-19)23-15-26-16-24(28-23)31-22-13-21(5-4-20(22)14-27-31)29-9-6-18(2)7-10-29/h4-5,8,11,13-18H,3,6-7,9-10,12H2,1-2H3. The molecule has 8 nitrogen and oxygen atoms in total. The van der Waals surface area contributed by atoms with Gasteiger partial charge in [-0.1, -0.05) is 6.92 Å². The molecule has 0 unspecified atom stereocenters. The lowest BCUT2D eigenvalue weighted by atomic mass is 9.99. The summed E-state index contributed by atoms with van der Waals surface area (Å²) in [5, 5.41) is 5.65. The molecule has 1 aliphatic heterocycles. The van der Waals surface area contributed by atoms with E-state index in [0.29, 0.717) is 18.2 Å². The molecule has 1 fully saturated rings. The topological polar surface area (TPSA) is 78.1 Å². The Balaban J connectivity index is 1.43. The number of benzene rings is 1. The summed E-state index contributed by atoms with van der Waals surface area (Å²) >= 11 is 0. The van der Waals surface area contributed by atoms with Crippen molar-refractivity contribution in [2.75, 3.05) is 24.6 Å². The lowest BCUT2D eigenvalue weighted by Crippen LogP contribution is -2.32. The molecule has 0 bridgehead atoms. The Morgan fingerprint density at radius 1 is 1.12 bits per heavy atom. The number of aromatic nitrogens is 5. The van der Waals surface area contributed by atoms with E-state index in [0.717, 1.165) is 35.5 Å². The number of nitrogens with zero attached hydrogens (tertiary/aromatic N) is 6. The SMILES string of the molecule is CCOC(=O)Cc1ccn(-c2cncc(-n3ncc4ccc(N5CCC(C)CC5)cc43)n2)c1. The minimum atomic E-state index is -0.239. The van der Waals surface area contributed by atoms with Crippen molar-refractivity contribution in [2.24, 2.45) is 5.92 Å². The Bertz CT molecular complexity index is 1270. The Morgan fingerprint density at radius 3 is 2.76 bits per heavy atom. The first kappa shape index (κ1) is 21.2. The van der Waals surface area contributed by atoms with Gasteiger partial charge in [0.15, 0.2) is 11.6 Å². The molecule has 0 aliphatic carbocycles. The lowest BCUT2D eigenvalue weighted by molar-refractivity contribution is -0.142. The number of ether oxygens (including phenoxy) is 1. The highest BCUT2D eigenvalue weighted by molar-refractivity contribution is 5.83. The van der Waals surface area contributed by atoms with Crippen LogP contribution in [0, 0.1) is 5.92 Å². The number of carbonyl (C=O) groups excluding carboxylic acids is 1. The van der Waals surface area contributed by atoms with Crippen LogP contribution in [-0.2, 0) is 16.0 Å². The molecule has 3 aromatic heterocycles. The third kappa shape index (κ3) is 4.46. The molecule has 0 N–H and O–H groups in total. The zero-order valence-corrected chi connectivity index (χ0v) is 19.0. The van der Waals surface area contributed by atoms with Crippen LogP contribution in [0.15, 0.2) is 55.2 Å². The first-order chi connectivity index (χ1) is 16.1. The number of rotatable bonds is 6. The quantitative estimate of drug-likeness (QED) is 0.419. The van der Waals surface area contributed by atoms with E-state index in [4.69, 9.17) is 9.72 Å². The Morgan fingerprint density at radius 2 is 1.94 bits per heavy atom. The maximum Gasteiger partial charge on any atom is 0.310 e. The van der Waals surface area contributed by atoms with Gasteiger partial charge < -0.3 is 14.2 Å². The second kappa shape index (κ2) is 9.05. The molecule has 0 radical (unpaired) electrons. The summed E-state index contributed by atoms with van der Waals surface area (Å²) in [6.07, 6.45) is 11.7. The van der Waals surface area contributed by atoms with E-state index in [9.17, 15) is 4.79 Å². The van der Waals surface area contributed by atoms with Crippen molar-refractivity contribution in [2.45, 2.75) is 33.1 Å². The smallest absolute Gasteiger partial charge is 0.310 e. The number of fused-ring (bicyclic) bond motifs is 1. The van der Waals surface area contributed by atoms with Crippen LogP contribution >= 0.6 is 0 Å². The van der Waals surface area contributed by atoms with Crippen LogP contribution in [0.3, 0.4) is 0 Å². The predicted molar refractivity (Wildman–Crippen MR) is 127 cm³/mol. The third-order valence-electron chi connectivity index (χ3n) is 6.20. The average Bonchev–Trinajstić information content (AvgIpc) is 3.46. The van der Waals surface area contributed by atoms with Crippen molar-refractivity contribution < 1.29 is 9.53 Å². The first-order valence-corrected chi connectivity index (χ1v) is 11.5. The molecule has 0 atom stereocenters. The van der Waals surface area contributed by atoms with E-state index in [1.807, 2.05) is 33.9 Å². The molecule has 4 heterocycles. The highest BCUT2D eigenvalue weighted by Gasteiger charge is 2.17. The number of hydrogen-bond acceptors (Lipinski definition) is 6. The van der Waals surface area contributed by atoms with Gasteiger partial charge in [-0.3, -0.25) is 9.78 Å². The molecule has 1 saturated heterocycles. The summed E-state index contributed by atoms with van der Waals surface area (Å²) in [4.78, 5) is 23.4. The molecule has 1 aromatic carbocycles. The summed E-state index contributed by atoms with van der Waals surface area (Å²) in [6, 6.07) is 8.38. The van der Waals surface area contributed by atoms with E-state index < -0.39 is 0 Å². The highest BCUT2D eigenvalue weighted by atomic mass is 16.5. The van der Waals surface area contributed by atoms with E-state index >= 15 is 0 Å². The van der Waals surface area contributed by atoms with Gasteiger partial charge in [-0.15, -0.1) is 0 Å². The van der Waals surface area contributed by atoms with E-state index in [1.165, 1.54) is 18.5 Å². The van der Waals surface area contributed by atoms with Crippen molar-refractivity contribution >= 4 is 22.6 Å². The van der Waals surface area contributed by atoms with Crippen LogP contribution < -0.4 is 4.90 Å². The molecule has 0 spiro atoms. The predicted octanol–water partition coefficient (Wildman–Crippen LogP) is 3.95. The fourth-order valence-corrected chi connectivity index (χ4v) is 4.29. The van der Waals surface area contributed by atoms with Crippen LogP contribution in [-0.4, -0.2) is 50.0 Å². The molecule has 0 amide bonds. The second-order valence-electron chi connectivity index (χ2n) is 8.61. The maximum absolute atomic E-state index is 11.8. The van der Waals surface area contributed by atoms with Crippen molar-refractivity contribution in [1.82, 2.24) is 24.3 Å². The first-order valence-electron chi connectivity index (χ1n) is 11.5. The summed E-state index contributed by atoms with van der Waals surface area (Å²) in [5.41, 5.74) is 3.09. The van der Waals surface area contributed by atoms with Crippen LogP contribution in [0.4, 0.5) is 5.69 Å². The van der Waals surface area contributed by atoms with Gasteiger partial charge in [0.2, 0.25) is 0 Å². The minimum Gasteiger partial charge on any atom is -0.466 e. The normalized spacial score (nSPS) is 14.7. The lowest BCUT2D eigenvalue weighted by Gasteiger charge is -2.32. The summed E-state index contributed by atoms with van der Waals surface area (Å²) in [6.45, 7) is 6.67. The van der Waals surface area contributed by atoms with Gasteiger partial charge in [0.1, 0.15) is 0 Å². The van der Waals surface area contributed by atoms with Crippen molar-refractivity contribution in [3.8, 4) is 11.6 Å². The zero-order valence-electron chi connectivity index (χ0n) is 19.0. The minimum absolute atomic E-state index is 0.232. The van der Waals surface area contributed by atoms with Gasteiger partial charge in [-0.05, 0) is 55.5 Å². The number of anilines is 1. The molecule has 0 saturated carbocycles. The largest absolute Gasteiger partial charge is 0.466 e. The van der Waals surface area contributed by atoms with Crippen molar-refractivity contribution in [1.29, 1.82) is 0 Å². The number of esters is 1. The van der Waals surface area contributed by atoms with Gasteiger partial charge >= 0.3 is 5.97 Å². The monoisotopic (exact) mass is 444 g/mol. The molecule has 5 rings (SSSR count). The fourth-order valence-electron chi connectivity index (χ4n) is 4.29. The number of hydrogen-bond donors (Lipinski definition) is 0.